The summed E-state index contributed by atoms with van der Waals surface area (Å²) >= 11 is 0. The van der Waals surface area contributed by atoms with E-state index >= 15 is 0 Å². The molecular weight excluding hydrogens is 166 g/mol. The van der Waals surface area contributed by atoms with Crippen molar-refractivity contribution in [2.24, 2.45) is 0 Å². The minimum absolute atomic E-state index is 0.104. The van der Waals surface area contributed by atoms with Crippen molar-refractivity contribution in [3.63, 3.8) is 0 Å². The van der Waals surface area contributed by atoms with Gasteiger partial charge in [-0.3, -0.25) is 4.79 Å². The number of carbonyl (C=O) groups is 1. The van der Waals surface area contributed by atoms with Crippen LogP contribution in [0.2, 0.25) is 0 Å². The van der Waals surface area contributed by atoms with E-state index in [0.29, 0.717) is 11.8 Å². The van der Waals surface area contributed by atoms with Crippen molar-refractivity contribution in [1.29, 1.82) is 0 Å². The third kappa shape index (κ3) is 2.29. The first-order valence-electron chi connectivity index (χ1n) is 4.20. The van der Waals surface area contributed by atoms with Gasteiger partial charge in [-0.2, -0.15) is 0 Å². The first kappa shape index (κ1) is 9.74. The molecular formula is C10H13NO2. The Kier molecular flexibility index (Phi) is 3.46. The van der Waals surface area contributed by atoms with Gasteiger partial charge in [0.1, 0.15) is 5.75 Å². The summed E-state index contributed by atoms with van der Waals surface area (Å²) in [7, 11) is 1.85. The van der Waals surface area contributed by atoms with Gasteiger partial charge in [-0.1, -0.05) is 12.1 Å². The van der Waals surface area contributed by atoms with Crippen LogP contribution in [0.15, 0.2) is 18.2 Å². The first-order valence-corrected chi connectivity index (χ1v) is 4.20. The van der Waals surface area contributed by atoms with Crippen molar-refractivity contribution in [3.05, 3.63) is 29.3 Å². The highest BCUT2D eigenvalue weighted by Crippen LogP contribution is 2.20. The summed E-state index contributed by atoms with van der Waals surface area (Å²) in [5.74, 6) is 0.104. The summed E-state index contributed by atoms with van der Waals surface area (Å²) in [6, 6.07) is 5.19. The van der Waals surface area contributed by atoms with E-state index in [0.717, 1.165) is 18.5 Å². The summed E-state index contributed by atoms with van der Waals surface area (Å²) in [5.41, 5.74) is 1.16. The fourth-order valence-corrected chi connectivity index (χ4v) is 1.17. The van der Waals surface area contributed by atoms with Gasteiger partial charge >= 0.3 is 0 Å². The lowest BCUT2D eigenvalue weighted by atomic mass is 10.1. The third-order valence-electron chi connectivity index (χ3n) is 1.92. The van der Waals surface area contributed by atoms with Gasteiger partial charge in [0.15, 0.2) is 6.29 Å². The van der Waals surface area contributed by atoms with Crippen LogP contribution in [-0.2, 0) is 6.42 Å². The van der Waals surface area contributed by atoms with Crippen molar-refractivity contribution in [3.8, 4) is 5.75 Å². The lowest BCUT2D eigenvalue weighted by molar-refractivity contribution is 0.112. The Hall–Kier alpha value is -1.35. The van der Waals surface area contributed by atoms with Crippen LogP contribution in [0.5, 0.6) is 5.75 Å². The van der Waals surface area contributed by atoms with Crippen LogP contribution in [0, 0.1) is 0 Å². The fourth-order valence-electron chi connectivity index (χ4n) is 1.17. The summed E-state index contributed by atoms with van der Waals surface area (Å²) in [6.07, 6.45) is 1.39. The van der Waals surface area contributed by atoms with Gasteiger partial charge in [0, 0.05) is 0 Å². The number of rotatable bonds is 4. The zero-order valence-corrected chi connectivity index (χ0v) is 7.58. The molecule has 0 aliphatic rings. The van der Waals surface area contributed by atoms with E-state index in [1.807, 2.05) is 13.1 Å². The molecule has 3 heteroatoms. The minimum Gasteiger partial charge on any atom is -0.507 e. The zero-order chi connectivity index (χ0) is 9.68. The molecule has 0 aromatic heterocycles. The second kappa shape index (κ2) is 4.62. The molecule has 0 fully saturated rings. The molecule has 1 aromatic carbocycles. The molecule has 0 radical (unpaired) electrons. The Bertz CT molecular complexity index is 297. The molecule has 0 amide bonds. The average Bonchev–Trinajstić information content (AvgIpc) is 2.16. The van der Waals surface area contributed by atoms with Crippen LogP contribution >= 0.6 is 0 Å². The number of hydrogen-bond acceptors (Lipinski definition) is 3. The SMILES string of the molecule is CNCCc1cccc(C=O)c1O. The van der Waals surface area contributed by atoms with E-state index in [1.54, 1.807) is 12.1 Å². The smallest absolute Gasteiger partial charge is 0.153 e. The van der Waals surface area contributed by atoms with Crippen molar-refractivity contribution in [2.75, 3.05) is 13.6 Å². The number of nitrogens with one attached hydrogen (secondary N) is 1. The molecule has 0 heterocycles. The van der Waals surface area contributed by atoms with Crippen LogP contribution in [-0.4, -0.2) is 25.0 Å². The lowest BCUT2D eigenvalue weighted by Crippen LogP contribution is -2.10. The minimum atomic E-state index is 0.104. The Labute approximate surface area is 77.4 Å². The fraction of sp³-hybridized carbons (Fsp3) is 0.300. The maximum Gasteiger partial charge on any atom is 0.153 e. The highest BCUT2D eigenvalue weighted by atomic mass is 16.3. The van der Waals surface area contributed by atoms with E-state index in [4.69, 9.17) is 0 Å². The van der Waals surface area contributed by atoms with E-state index in [1.165, 1.54) is 0 Å². The first-order chi connectivity index (χ1) is 6.29. The van der Waals surface area contributed by atoms with Crippen molar-refractivity contribution in [1.82, 2.24) is 5.32 Å². The van der Waals surface area contributed by atoms with Gasteiger partial charge in [-0.15, -0.1) is 0 Å². The van der Waals surface area contributed by atoms with Gasteiger partial charge in [0.05, 0.1) is 5.56 Å². The predicted molar refractivity (Wildman–Crippen MR) is 51.1 cm³/mol. The molecule has 0 saturated heterocycles. The Morgan fingerprint density at radius 2 is 2.31 bits per heavy atom. The number of aromatic hydroxyl groups is 1. The van der Waals surface area contributed by atoms with E-state index < -0.39 is 0 Å². The Morgan fingerprint density at radius 3 is 2.92 bits per heavy atom. The quantitative estimate of drug-likeness (QED) is 0.677. The molecule has 3 nitrogen and oxygen atoms in total. The molecule has 70 valence electrons. The molecule has 0 aliphatic carbocycles. The number of carbonyl (C=O) groups excluding carboxylic acids is 1. The number of phenolic OH excluding ortho intramolecular Hbond substituents is 1. The monoisotopic (exact) mass is 179 g/mol. The zero-order valence-electron chi connectivity index (χ0n) is 7.58. The van der Waals surface area contributed by atoms with Crippen LogP contribution < -0.4 is 5.32 Å². The van der Waals surface area contributed by atoms with Gasteiger partial charge in [-0.25, -0.2) is 0 Å². The molecule has 0 spiro atoms. The van der Waals surface area contributed by atoms with Gasteiger partial charge < -0.3 is 10.4 Å². The summed E-state index contributed by atoms with van der Waals surface area (Å²) in [5, 5.41) is 12.5. The molecule has 0 aliphatic heterocycles. The standard InChI is InChI=1S/C10H13NO2/c1-11-6-5-8-3-2-4-9(7-12)10(8)13/h2-4,7,11,13H,5-6H2,1H3. The van der Waals surface area contributed by atoms with E-state index in [2.05, 4.69) is 5.32 Å². The van der Waals surface area contributed by atoms with E-state index in [-0.39, 0.29) is 5.75 Å². The maximum atomic E-state index is 10.5. The number of aldehydes is 1. The largest absolute Gasteiger partial charge is 0.507 e. The van der Waals surface area contributed by atoms with Gasteiger partial charge in [0.2, 0.25) is 0 Å². The second-order valence-corrected chi connectivity index (χ2v) is 2.83. The molecule has 2 N–H and O–H groups in total. The Balaban J connectivity index is 2.87. The number of benzene rings is 1. The van der Waals surface area contributed by atoms with Gasteiger partial charge in [0.25, 0.3) is 0 Å². The van der Waals surface area contributed by atoms with Crippen molar-refractivity contribution < 1.29 is 9.90 Å². The molecule has 0 saturated carbocycles. The van der Waals surface area contributed by atoms with Crippen molar-refractivity contribution in [2.45, 2.75) is 6.42 Å². The molecule has 0 bridgehead atoms. The summed E-state index contributed by atoms with van der Waals surface area (Å²) in [6.45, 7) is 0.788. The predicted octanol–water partition coefficient (Wildman–Crippen LogP) is 0.967. The second-order valence-electron chi connectivity index (χ2n) is 2.83. The normalized spacial score (nSPS) is 9.92. The highest BCUT2D eigenvalue weighted by Gasteiger charge is 2.04. The van der Waals surface area contributed by atoms with E-state index in [9.17, 15) is 9.90 Å². The average molecular weight is 179 g/mol. The lowest BCUT2D eigenvalue weighted by Gasteiger charge is -2.05. The van der Waals surface area contributed by atoms with Crippen LogP contribution in [0.4, 0.5) is 0 Å². The number of para-hydroxylation sites is 1. The molecule has 1 aromatic rings. The Morgan fingerprint density at radius 1 is 1.54 bits per heavy atom. The number of likely N-dealkylation sites (N-methyl/N-ethyl adjacent to an activating group) is 1. The third-order valence-corrected chi connectivity index (χ3v) is 1.92. The van der Waals surface area contributed by atoms with Crippen LogP contribution in [0.3, 0.4) is 0 Å². The maximum absolute atomic E-state index is 10.5. The topological polar surface area (TPSA) is 49.3 Å². The molecule has 0 unspecified atom stereocenters. The number of hydrogen-bond donors (Lipinski definition) is 2. The molecule has 13 heavy (non-hydrogen) atoms. The summed E-state index contributed by atoms with van der Waals surface area (Å²) < 4.78 is 0. The number of phenols is 1. The molecule has 1 rings (SSSR count). The van der Waals surface area contributed by atoms with Gasteiger partial charge in [-0.05, 0) is 31.6 Å². The molecule has 0 atom stereocenters. The summed E-state index contributed by atoms with van der Waals surface area (Å²) in [4.78, 5) is 10.5. The highest BCUT2D eigenvalue weighted by molar-refractivity contribution is 5.79. The van der Waals surface area contributed by atoms with Crippen LogP contribution in [0.1, 0.15) is 15.9 Å². The van der Waals surface area contributed by atoms with Crippen molar-refractivity contribution >= 4 is 6.29 Å². The van der Waals surface area contributed by atoms with Crippen LogP contribution in [0.25, 0.3) is 0 Å².